The van der Waals surface area contributed by atoms with E-state index in [1.54, 1.807) is 16.8 Å². The number of alkyl halides is 3. The van der Waals surface area contributed by atoms with Gasteiger partial charge in [0.15, 0.2) is 0 Å². The molecule has 138 valence electrons. The molecule has 0 bridgehead atoms. The molecule has 3 heterocycles. The summed E-state index contributed by atoms with van der Waals surface area (Å²) in [6, 6.07) is 5.89. The number of aromatic nitrogens is 3. The van der Waals surface area contributed by atoms with E-state index in [0.29, 0.717) is 16.2 Å². The van der Waals surface area contributed by atoms with Gasteiger partial charge >= 0.3 is 6.36 Å². The molecule has 1 fully saturated rings. The molecular formula is C16H16F3N5OS. The van der Waals surface area contributed by atoms with E-state index in [-0.39, 0.29) is 11.8 Å². The van der Waals surface area contributed by atoms with Gasteiger partial charge in [-0.25, -0.2) is 9.50 Å². The summed E-state index contributed by atoms with van der Waals surface area (Å²) in [5.41, 5.74) is 7.08. The Kier molecular flexibility index (Phi) is 4.23. The van der Waals surface area contributed by atoms with Crippen molar-refractivity contribution in [2.75, 3.05) is 18.0 Å². The summed E-state index contributed by atoms with van der Waals surface area (Å²) in [4.78, 5) is 7.30. The van der Waals surface area contributed by atoms with Gasteiger partial charge in [0.25, 0.3) is 0 Å². The molecule has 0 spiro atoms. The standard InChI is InChI=1S/C16H16F3N5OS/c17-16(18,19)25-12-5-1-3-10(7-12)13-9-24-14(21-13)26-15(22-24)23-6-2-4-11(20)8-23/h1,3,5,7,9,11H,2,4,6,8,20H2. The fraction of sp³-hybridized carbons (Fsp3) is 0.375. The molecule has 10 heteroatoms. The number of anilines is 1. The van der Waals surface area contributed by atoms with Crippen molar-refractivity contribution in [2.45, 2.75) is 25.2 Å². The van der Waals surface area contributed by atoms with Gasteiger partial charge in [0.1, 0.15) is 5.75 Å². The normalized spacial score (nSPS) is 18.5. The van der Waals surface area contributed by atoms with Crippen LogP contribution in [0, 0.1) is 0 Å². The van der Waals surface area contributed by atoms with Crippen LogP contribution in [0.5, 0.6) is 5.75 Å². The zero-order valence-electron chi connectivity index (χ0n) is 13.6. The average molecular weight is 383 g/mol. The first-order chi connectivity index (χ1) is 12.4. The number of benzene rings is 1. The molecule has 1 aliphatic rings. The Balaban J connectivity index is 1.58. The summed E-state index contributed by atoms with van der Waals surface area (Å²) in [5, 5.41) is 5.38. The minimum Gasteiger partial charge on any atom is -0.406 e. The third-order valence-electron chi connectivity index (χ3n) is 4.12. The number of halogens is 3. The number of ether oxygens (including phenoxy) is 1. The lowest BCUT2D eigenvalue weighted by Crippen LogP contribution is -2.42. The van der Waals surface area contributed by atoms with Crippen LogP contribution < -0.4 is 15.4 Å². The van der Waals surface area contributed by atoms with Crippen LogP contribution in [0.2, 0.25) is 0 Å². The molecule has 3 aromatic rings. The van der Waals surface area contributed by atoms with E-state index in [1.807, 2.05) is 0 Å². The summed E-state index contributed by atoms with van der Waals surface area (Å²) in [7, 11) is 0. The molecule has 2 N–H and O–H groups in total. The Bertz CT molecular complexity index is 891. The third-order valence-corrected chi connectivity index (χ3v) is 5.11. The zero-order chi connectivity index (χ0) is 18.3. The Morgan fingerprint density at radius 1 is 1.31 bits per heavy atom. The SMILES string of the molecule is NC1CCCN(c2nn3cc(-c4cccc(OC(F)(F)F)c4)nc3s2)C1. The maximum absolute atomic E-state index is 12.4. The highest BCUT2D eigenvalue weighted by Gasteiger charge is 2.31. The predicted octanol–water partition coefficient (Wildman–Crippen LogP) is 3.28. The Labute approximate surface area is 151 Å². The van der Waals surface area contributed by atoms with Gasteiger partial charge in [0.05, 0.1) is 11.9 Å². The van der Waals surface area contributed by atoms with Gasteiger partial charge in [-0.15, -0.1) is 18.3 Å². The molecule has 0 aliphatic carbocycles. The van der Waals surface area contributed by atoms with E-state index in [9.17, 15) is 13.2 Å². The fourth-order valence-electron chi connectivity index (χ4n) is 2.99. The van der Waals surface area contributed by atoms with Crippen molar-refractivity contribution in [1.29, 1.82) is 0 Å². The highest BCUT2D eigenvalue weighted by atomic mass is 32.1. The number of nitrogens with two attached hydrogens (primary N) is 1. The Morgan fingerprint density at radius 2 is 2.15 bits per heavy atom. The minimum atomic E-state index is -4.72. The quantitative estimate of drug-likeness (QED) is 0.752. The highest BCUT2D eigenvalue weighted by Crippen LogP contribution is 2.30. The van der Waals surface area contributed by atoms with Gasteiger partial charge in [-0.05, 0) is 25.0 Å². The van der Waals surface area contributed by atoms with Crippen LogP contribution in [-0.2, 0) is 0 Å². The second-order valence-electron chi connectivity index (χ2n) is 6.16. The first-order valence-electron chi connectivity index (χ1n) is 8.10. The van der Waals surface area contributed by atoms with E-state index < -0.39 is 6.36 Å². The predicted molar refractivity (Wildman–Crippen MR) is 92.4 cm³/mol. The van der Waals surface area contributed by atoms with E-state index in [4.69, 9.17) is 5.73 Å². The number of hydrogen-bond acceptors (Lipinski definition) is 6. The summed E-state index contributed by atoms with van der Waals surface area (Å²) in [6.07, 6.45) is -0.982. The number of rotatable bonds is 3. The molecule has 6 nitrogen and oxygen atoms in total. The van der Waals surface area contributed by atoms with Crippen LogP contribution in [0.15, 0.2) is 30.5 Å². The van der Waals surface area contributed by atoms with Crippen LogP contribution in [0.25, 0.3) is 16.2 Å². The number of nitrogens with zero attached hydrogens (tertiary/aromatic N) is 4. The molecule has 1 aliphatic heterocycles. The molecule has 1 unspecified atom stereocenters. The Morgan fingerprint density at radius 3 is 2.88 bits per heavy atom. The van der Waals surface area contributed by atoms with E-state index in [0.717, 1.165) is 31.1 Å². The van der Waals surface area contributed by atoms with Gasteiger partial charge in [-0.3, -0.25) is 0 Å². The van der Waals surface area contributed by atoms with Crippen LogP contribution >= 0.6 is 11.3 Å². The molecule has 0 saturated carbocycles. The van der Waals surface area contributed by atoms with Crippen LogP contribution in [0.1, 0.15) is 12.8 Å². The smallest absolute Gasteiger partial charge is 0.406 e. The van der Waals surface area contributed by atoms with Crippen molar-refractivity contribution in [1.82, 2.24) is 14.6 Å². The van der Waals surface area contributed by atoms with Gasteiger partial charge in [-0.1, -0.05) is 23.5 Å². The molecule has 2 aromatic heterocycles. The van der Waals surface area contributed by atoms with Crippen LogP contribution in [0.3, 0.4) is 0 Å². The lowest BCUT2D eigenvalue weighted by atomic mass is 10.1. The van der Waals surface area contributed by atoms with Crippen molar-refractivity contribution >= 4 is 21.4 Å². The summed E-state index contributed by atoms with van der Waals surface area (Å²) < 4.78 is 42.7. The number of hydrogen-bond donors (Lipinski definition) is 1. The maximum Gasteiger partial charge on any atom is 0.573 e. The van der Waals surface area contributed by atoms with E-state index >= 15 is 0 Å². The molecule has 1 atom stereocenters. The van der Waals surface area contributed by atoms with Crippen molar-refractivity contribution < 1.29 is 17.9 Å². The van der Waals surface area contributed by atoms with E-state index in [2.05, 4.69) is 19.7 Å². The van der Waals surface area contributed by atoms with Crippen molar-refractivity contribution in [2.24, 2.45) is 5.73 Å². The van der Waals surface area contributed by atoms with Gasteiger partial charge in [-0.2, -0.15) is 0 Å². The highest BCUT2D eigenvalue weighted by molar-refractivity contribution is 7.20. The lowest BCUT2D eigenvalue weighted by molar-refractivity contribution is -0.274. The number of imidazole rings is 1. The first kappa shape index (κ1) is 17.1. The molecule has 4 rings (SSSR count). The first-order valence-corrected chi connectivity index (χ1v) is 8.92. The van der Waals surface area contributed by atoms with Crippen molar-refractivity contribution in [3.05, 3.63) is 30.5 Å². The fourth-order valence-corrected chi connectivity index (χ4v) is 3.91. The zero-order valence-corrected chi connectivity index (χ0v) is 14.4. The number of piperidine rings is 1. The average Bonchev–Trinajstić information content (AvgIpc) is 3.12. The number of fused-ring (bicyclic) bond motifs is 1. The van der Waals surface area contributed by atoms with Crippen LogP contribution in [-0.4, -0.2) is 40.1 Å². The summed E-state index contributed by atoms with van der Waals surface area (Å²) in [6.45, 7) is 1.68. The minimum absolute atomic E-state index is 0.145. The van der Waals surface area contributed by atoms with Crippen LogP contribution in [0.4, 0.5) is 18.3 Å². The molecule has 26 heavy (non-hydrogen) atoms. The second kappa shape index (κ2) is 6.44. The van der Waals surface area contributed by atoms with Gasteiger partial charge in [0.2, 0.25) is 10.1 Å². The van der Waals surface area contributed by atoms with E-state index in [1.165, 1.54) is 29.5 Å². The van der Waals surface area contributed by atoms with Crippen molar-refractivity contribution in [3.8, 4) is 17.0 Å². The van der Waals surface area contributed by atoms with Gasteiger partial charge in [0, 0.05) is 24.7 Å². The summed E-state index contributed by atoms with van der Waals surface area (Å²) >= 11 is 1.44. The molecule has 1 saturated heterocycles. The molecule has 0 radical (unpaired) electrons. The molecule has 0 amide bonds. The third kappa shape index (κ3) is 3.61. The largest absolute Gasteiger partial charge is 0.573 e. The van der Waals surface area contributed by atoms with Gasteiger partial charge < -0.3 is 15.4 Å². The topological polar surface area (TPSA) is 68.7 Å². The summed E-state index contributed by atoms with van der Waals surface area (Å²) in [5.74, 6) is -0.276. The lowest BCUT2D eigenvalue weighted by Gasteiger charge is -2.29. The van der Waals surface area contributed by atoms with Crippen molar-refractivity contribution in [3.63, 3.8) is 0 Å². The maximum atomic E-state index is 12.4. The second-order valence-corrected chi connectivity index (χ2v) is 7.10. The monoisotopic (exact) mass is 383 g/mol. The molecular weight excluding hydrogens is 367 g/mol. The Hall–Kier alpha value is -2.33. The molecule has 1 aromatic carbocycles.